The molecule has 0 saturated carbocycles. The normalized spacial score (nSPS) is 18.5. The number of carbonyl (C=O) groups excluding carboxylic acids is 2. The maximum Gasteiger partial charge on any atom is 0.334 e. The molecule has 2 atom stereocenters. The van der Waals surface area contributed by atoms with E-state index in [9.17, 15) is 26.8 Å². The van der Waals surface area contributed by atoms with E-state index in [1.807, 2.05) is 24.6 Å². The molecule has 5 rings (SSSR count). The van der Waals surface area contributed by atoms with Gasteiger partial charge in [-0.05, 0) is 62.9 Å². The van der Waals surface area contributed by atoms with Crippen molar-refractivity contribution in [3.63, 3.8) is 0 Å². The van der Waals surface area contributed by atoms with Gasteiger partial charge in [0.15, 0.2) is 12.0 Å². The number of hydrogen-bond donors (Lipinski definition) is 3. The van der Waals surface area contributed by atoms with Crippen molar-refractivity contribution in [2.45, 2.75) is 58.4 Å². The molecular formula is C28H34ClF2N9O4S. The number of alkyl halides is 2. The summed E-state index contributed by atoms with van der Waals surface area (Å²) in [5.41, 5.74) is 2.68. The van der Waals surface area contributed by atoms with Gasteiger partial charge in [0, 0.05) is 26.1 Å². The van der Waals surface area contributed by atoms with E-state index < -0.39 is 34.8 Å². The molecule has 13 nitrogen and oxygen atoms in total. The quantitative estimate of drug-likeness (QED) is 0.302. The van der Waals surface area contributed by atoms with Gasteiger partial charge >= 0.3 is 6.55 Å². The summed E-state index contributed by atoms with van der Waals surface area (Å²) >= 11 is 6.02. The fraction of sp³-hybridized carbons (Fsp3) is 0.464. The third kappa shape index (κ3) is 6.87. The van der Waals surface area contributed by atoms with Crippen LogP contribution in [0.1, 0.15) is 81.9 Å². The predicted octanol–water partition coefficient (Wildman–Crippen LogP) is 3.86. The molecule has 2 aliphatic rings. The minimum absolute atomic E-state index is 0.00581. The number of nitrogens with zero attached hydrogens (tertiary/aromatic N) is 6. The standard InChI is InChI=1S/C28H34ClF2N9O4S/c1-14-12-18(15(2)32-20-6-7-21(29)34-23(20)25(41)37-45(5,43)44)22-19(13-14)26(42)38(4)28(35-22)39-10-8-17(9-11-39)24-33-16(3)36-40(24)27(30)31/h6-7,12-13,15,17,27-28,32,35H,8-11H2,1-5H3,(H,37,41)/t15-,28?/m1/s1. The highest BCUT2D eigenvalue weighted by Gasteiger charge is 2.38. The molecule has 242 valence electrons. The van der Waals surface area contributed by atoms with Gasteiger partial charge in [-0.15, -0.1) is 0 Å². The first-order valence-corrected chi connectivity index (χ1v) is 16.5. The molecule has 1 unspecified atom stereocenters. The lowest BCUT2D eigenvalue weighted by Gasteiger charge is -2.45. The van der Waals surface area contributed by atoms with Crippen LogP contribution in [0.4, 0.5) is 20.2 Å². The molecule has 0 radical (unpaired) electrons. The molecule has 4 heterocycles. The molecule has 1 fully saturated rings. The number of fused-ring (bicyclic) bond motifs is 1. The van der Waals surface area contributed by atoms with Crippen LogP contribution in [0.25, 0.3) is 0 Å². The molecule has 0 bridgehead atoms. The average molecular weight is 666 g/mol. The maximum absolute atomic E-state index is 13.7. The Morgan fingerprint density at radius 1 is 1.16 bits per heavy atom. The summed E-state index contributed by atoms with van der Waals surface area (Å²) in [6.45, 7) is 3.57. The molecule has 0 spiro atoms. The summed E-state index contributed by atoms with van der Waals surface area (Å²) in [5.74, 6) is -0.763. The molecule has 1 aromatic carbocycles. The van der Waals surface area contributed by atoms with Gasteiger partial charge in [-0.2, -0.15) is 18.6 Å². The second kappa shape index (κ2) is 12.5. The Morgan fingerprint density at radius 2 is 1.84 bits per heavy atom. The van der Waals surface area contributed by atoms with Crippen LogP contribution in [0.2, 0.25) is 5.15 Å². The van der Waals surface area contributed by atoms with Crippen LogP contribution in [-0.4, -0.2) is 82.5 Å². The van der Waals surface area contributed by atoms with Gasteiger partial charge in [0.05, 0.1) is 29.2 Å². The van der Waals surface area contributed by atoms with E-state index in [1.54, 1.807) is 24.9 Å². The van der Waals surface area contributed by atoms with E-state index in [4.69, 9.17) is 11.6 Å². The summed E-state index contributed by atoms with van der Waals surface area (Å²) in [6, 6.07) is 6.24. The van der Waals surface area contributed by atoms with E-state index in [0.717, 1.165) is 17.4 Å². The van der Waals surface area contributed by atoms with E-state index in [2.05, 4.69) is 30.6 Å². The highest BCUT2D eigenvalue weighted by atomic mass is 35.5. The maximum atomic E-state index is 13.7. The first kappa shape index (κ1) is 32.5. The molecule has 2 aliphatic heterocycles. The smallest absolute Gasteiger partial charge is 0.334 e. The summed E-state index contributed by atoms with van der Waals surface area (Å²) in [6.07, 6.45) is 1.46. The summed E-state index contributed by atoms with van der Waals surface area (Å²) < 4.78 is 53.1. The van der Waals surface area contributed by atoms with E-state index in [0.29, 0.717) is 47.7 Å². The third-order valence-corrected chi connectivity index (χ3v) is 8.65. The number of hydrogen-bond acceptors (Lipinski definition) is 10. The Kier molecular flexibility index (Phi) is 9.01. The number of likely N-dealkylation sites (tertiary alicyclic amines) is 1. The largest absolute Gasteiger partial charge is 0.377 e. The van der Waals surface area contributed by atoms with Crippen molar-refractivity contribution in [3.05, 3.63) is 63.5 Å². The van der Waals surface area contributed by atoms with Crippen molar-refractivity contribution in [1.82, 2.24) is 34.3 Å². The van der Waals surface area contributed by atoms with Crippen molar-refractivity contribution >= 4 is 44.8 Å². The Labute approximate surface area is 264 Å². The van der Waals surface area contributed by atoms with Crippen molar-refractivity contribution < 1.29 is 26.8 Å². The van der Waals surface area contributed by atoms with Crippen molar-refractivity contribution in [2.75, 3.05) is 37.0 Å². The lowest BCUT2D eigenvalue weighted by atomic mass is 9.94. The summed E-state index contributed by atoms with van der Waals surface area (Å²) in [4.78, 5) is 38.4. The number of sulfonamides is 1. The number of nitrogens with one attached hydrogen (secondary N) is 3. The Bertz CT molecular complexity index is 1750. The van der Waals surface area contributed by atoms with Crippen LogP contribution in [0, 0.1) is 13.8 Å². The van der Waals surface area contributed by atoms with Crippen molar-refractivity contribution in [1.29, 1.82) is 0 Å². The molecule has 2 aromatic heterocycles. The van der Waals surface area contributed by atoms with Crippen molar-refractivity contribution in [3.8, 4) is 0 Å². The highest BCUT2D eigenvalue weighted by Crippen LogP contribution is 2.37. The summed E-state index contributed by atoms with van der Waals surface area (Å²) in [5, 5.41) is 10.6. The minimum atomic E-state index is -3.86. The zero-order valence-electron chi connectivity index (χ0n) is 25.3. The Morgan fingerprint density at radius 3 is 2.49 bits per heavy atom. The van der Waals surface area contributed by atoms with Gasteiger partial charge in [0.25, 0.3) is 11.8 Å². The molecule has 1 saturated heterocycles. The van der Waals surface area contributed by atoms with Crippen LogP contribution in [0.3, 0.4) is 0 Å². The van der Waals surface area contributed by atoms with Crippen molar-refractivity contribution in [2.24, 2.45) is 0 Å². The topological polar surface area (TPSA) is 154 Å². The van der Waals surface area contributed by atoms with Gasteiger partial charge in [-0.25, -0.2) is 23.1 Å². The molecule has 3 N–H and O–H groups in total. The monoisotopic (exact) mass is 665 g/mol. The highest BCUT2D eigenvalue weighted by molar-refractivity contribution is 7.89. The van der Waals surface area contributed by atoms with Crippen LogP contribution in [0.5, 0.6) is 0 Å². The van der Waals surface area contributed by atoms with Crippen LogP contribution in [-0.2, 0) is 10.0 Å². The number of aromatic nitrogens is 4. The minimum Gasteiger partial charge on any atom is -0.377 e. The number of pyridine rings is 1. The van der Waals surface area contributed by atoms with Gasteiger partial charge in [0.1, 0.15) is 16.8 Å². The van der Waals surface area contributed by atoms with Gasteiger partial charge in [0.2, 0.25) is 10.0 Å². The molecule has 3 aromatic rings. The molecule has 17 heteroatoms. The number of benzene rings is 1. The number of piperidine rings is 1. The predicted molar refractivity (Wildman–Crippen MR) is 164 cm³/mol. The number of carbonyl (C=O) groups is 2. The number of aryl methyl sites for hydroxylation is 2. The van der Waals surface area contributed by atoms with Crippen LogP contribution >= 0.6 is 11.6 Å². The zero-order chi connectivity index (χ0) is 32.8. The van der Waals surface area contributed by atoms with E-state index >= 15 is 0 Å². The fourth-order valence-corrected chi connectivity index (χ4v) is 6.45. The van der Waals surface area contributed by atoms with Gasteiger partial charge in [-0.3, -0.25) is 14.5 Å². The first-order chi connectivity index (χ1) is 21.1. The van der Waals surface area contributed by atoms with E-state index in [-0.39, 0.29) is 34.2 Å². The Balaban J connectivity index is 1.39. The van der Waals surface area contributed by atoms with Crippen LogP contribution < -0.4 is 15.4 Å². The first-order valence-electron chi connectivity index (χ1n) is 14.2. The van der Waals surface area contributed by atoms with Gasteiger partial charge < -0.3 is 15.5 Å². The molecule has 2 amide bonds. The fourth-order valence-electron chi connectivity index (χ4n) is 5.87. The number of amides is 2. The molecule has 45 heavy (non-hydrogen) atoms. The van der Waals surface area contributed by atoms with E-state index in [1.165, 1.54) is 12.1 Å². The SMILES string of the molecule is Cc1cc2c(c([C@@H](C)Nc3ccc(Cl)nc3C(=O)NS(C)(=O)=O)c1)NC(N1CCC(c3nc(C)nn3C(F)F)CC1)N(C)C2=O. The second-order valence-corrected chi connectivity index (χ2v) is 13.5. The lowest BCUT2D eigenvalue weighted by Crippen LogP contribution is -2.58. The Hall–Kier alpha value is -3.89. The molecule has 0 aliphatic carbocycles. The average Bonchev–Trinajstić information content (AvgIpc) is 3.37. The second-order valence-electron chi connectivity index (χ2n) is 11.4. The number of anilines is 2. The number of rotatable bonds is 8. The number of halogens is 3. The third-order valence-electron chi connectivity index (χ3n) is 7.89. The lowest BCUT2D eigenvalue weighted by molar-refractivity contribution is 0.0334. The zero-order valence-corrected chi connectivity index (χ0v) is 26.9. The van der Waals surface area contributed by atoms with Crippen LogP contribution in [0.15, 0.2) is 24.3 Å². The molecular weight excluding hydrogens is 632 g/mol. The van der Waals surface area contributed by atoms with Gasteiger partial charge in [-0.1, -0.05) is 17.7 Å². The summed E-state index contributed by atoms with van der Waals surface area (Å²) in [7, 11) is -2.15.